The van der Waals surface area contributed by atoms with E-state index in [1.807, 2.05) is 59.7 Å². The van der Waals surface area contributed by atoms with Crippen LogP contribution in [0.1, 0.15) is 43.3 Å². The Hall–Kier alpha value is -3.19. The summed E-state index contributed by atoms with van der Waals surface area (Å²) >= 11 is 6.09. The molecule has 3 heterocycles. The minimum atomic E-state index is -0.673. The number of nitrogens with zero attached hydrogens (tertiary/aromatic N) is 4. The molecule has 174 valence electrons. The second kappa shape index (κ2) is 9.75. The van der Waals surface area contributed by atoms with E-state index in [-0.39, 0.29) is 6.54 Å². The molecule has 0 aliphatic rings. The van der Waals surface area contributed by atoms with Crippen LogP contribution in [0.15, 0.2) is 36.7 Å². The summed E-state index contributed by atoms with van der Waals surface area (Å²) in [5.41, 5.74) is 4.29. The summed E-state index contributed by atoms with van der Waals surface area (Å²) in [7, 11) is 1.62. The second-order valence-electron chi connectivity index (χ2n) is 8.84. The van der Waals surface area contributed by atoms with Gasteiger partial charge in [0.1, 0.15) is 22.3 Å². The highest BCUT2D eigenvalue weighted by atomic mass is 35.5. The first-order valence-electron chi connectivity index (χ1n) is 10.6. The lowest BCUT2D eigenvalue weighted by atomic mass is 10.1. The van der Waals surface area contributed by atoms with E-state index in [0.717, 1.165) is 33.7 Å². The summed E-state index contributed by atoms with van der Waals surface area (Å²) in [6.45, 7) is 11.4. The summed E-state index contributed by atoms with van der Waals surface area (Å²) in [4.78, 5) is 28.0. The third-order valence-electron chi connectivity index (χ3n) is 4.95. The summed E-state index contributed by atoms with van der Waals surface area (Å²) in [6, 6.07) is 7.40. The quantitative estimate of drug-likeness (QED) is 0.423. The van der Waals surface area contributed by atoms with E-state index in [4.69, 9.17) is 21.1 Å². The van der Waals surface area contributed by atoms with E-state index in [0.29, 0.717) is 16.7 Å². The standard InChI is InChI=1S/C25H29ClN4O3/c1-15-13-28-20(17(3)23(15)32-7)14-30(24(31)33-25(4,5)6)22-12-19(10-16(2)29-22)18-8-9-27-21(26)11-18/h8-13H,14H2,1-7H3. The Kier molecular flexibility index (Phi) is 7.22. The van der Waals surface area contributed by atoms with Gasteiger partial charge in [-0.3, -0.25) is 9.88 Å². The van der Waals surface area contributed by atoms with E-state index in [1.165, 1.54) is 4.90 Å². The molecule has 0 radical (unpaired) electrons. The maximum atomic E-state index is 13.3. The van der Waals surface area contributed by atoms with E-state index in [9.17, 15) is 4.79 Å². The van der Waals surface area contributed by atoms with Crippen molar-refractivity contribution >= 4 is 23.5 Å². The molecule has 0 saturated heterocycles. The molecule has 0 N–H and O–H groups in total. The Morgan fingerprint density at radius 2 is 1.82 bits per heavy atom. The molecule has 8 heteroatoms. The zero-order valence-electron chi connectivity index (χ0n) is 20.1. The Bertz CT molecular complexity index is 1170. The molecule has 1 amide bonds. The van der Waals surface area contributed by atoms with E-state index in [1.54, 1.807) is 25.6 Å². The highest BCUT2D eigenvalue weighted by Crippen LogP contribution is 2.30. The van der Waals surface area contributed by atoms with Gasteiger partial charge in [0.2, 0.25) is 0 Å². The van der Waals surface area contributed by atoms with Crippen molar-refractivity contribution in [2.45, 2.75) is 53.7 Å². The predicted octanol–water partition coefficient (Wildman–Crippen LogP) is 6.07. The van der Waals surface area contributed by atoms with Gasteiger partial charge in [0.15, 0.2) is 0 Å². The number of pyridine rings is 3. The Labute approximate surface area is 199 Å². The largest absolute Gasteiger partial charge is 0.496 e. The number of aromatic nitrogens is 3. The van der Waals surface area contributed by atoms with Crippen LogP contribution in [0.3, 0.4) is 0 Å². The normalized spacial score (nSPS) is 11.3. The van der Waals surface area contributed by atoms with Gasteiger partial charge in [0.25, 0.3) is 0 Å². The van der Waals surface area contributed by atoms with Crippen molar-refractivity contribution in [3.63, 3.8) is 0 Å². The van der Waals surface area contributed by atoms with Crippen molar-refractivity contribution in [1.82, 2.24) is 15.0 Å². The lowest BCUT2D eigenvalue weighted by Crippen LogP contribution is -2.37. The number of rotatable bonds is 5. The van der Waals surface area contributed by atoms with Crippen LogP contribution in [0.2, 0.25) is 5.15 Å². The van der Waals surface area contributed by atoms with Crippen molar-refractivity contribution in [3.8, 4) is 16.9 Å². The number of methoxy groups -OCH3 is 1. The molecule has 33 heavy (non-hydrogen) atoms. The van der Waals surface area contributed by atoms with Crippen LogP contribution in [-0.2, 0) is 11.3 Å². The SMILES string of the molecule is COc1c(C)cnc(CN(C(=O)OC(C)(C)C)c2cc(-c3ccnc(Cl)c3)cc(C)n2)c1C. The van der Waals surface area contributed by atoms with Gasteiger partial charge >= 0.3 is 6.09 Å². The first-order valence-corrected chi connectivity index (χ1v) is 11.0. The Morgan fingerprint density at radius 1 is 1.09 bits per heavy atom. The molecule has 0 unspecified atom stereocenters. The maximum Gasteiger partial charge on any atom is 0.416 e. The first kappa shape index (κ1) is 24.5. The number of anilines is 1. The molecule has 3 aromatic rings. The molecule has 0 aliphatic carbocycles. The summed E-state index contributed by atoms with van der Waals surface area (Å²) < 4.78 is 11.3. The topological polar surface area (TPSA) is 77.4 Å². The Morgan fingerprint density at radius 3 is 2.45 bits per heavy atom. The summed E-state index contributed by atoms with van der Waals surface area (Å²) in [5, 5.41) is 0.388. The average Bonchev–Trinajstić information content (AvgIpc) is 2.72. The molecular formula is C25H29ClN4O3. The smallest absolute Gasteiger partial charge is 0.416 e. The van der Waals surface area contributed by atoms with Gasteiger partial charge in [-0.1, -0.05) is 11.6 Å². The monoisotopic (exact) mass is 468 g/mol. The third kappa shape index (κ3) is 5.99. The fraction of sp³-hybridized carbons (Fsp3) is 0.360. The zero-order valence-corrected chi connectivity index (χ0v) is 20.8. The summed E-state index contributed by atoms with van der Waals surface area (Å²) in [5.74, 6) is 1.20. The van der Waals surface area contributed by atoms with E-state index in [2.05, 4.69) is 15.0 Å². The van der Waals surface area contributed by atoms with Crippen LogP contribution in [-0.4, -0.2) is 33.8 Å². The molecule has 3 aromatic heterocycles. The van der Waals surface area contributed by atoms with Crippen LogP contribution in [0.25, 0.3) is 11.1 Å². The van der Waals surface area contributed by atoms with Crippen molar-refractivity contribution in [3.05, 3.63) is 64.3 Å². The van der Waals surface area contributed by atoms with Gasteiger partial charge in [0, 0.05) is 29.2 Å². The highest BCUT2D eigenvalue weighted by Gasteiger charge is 2.27. The van der Waals surface area contributed by atoms with Crippen LogP contribution >= 0.6 is 11.6 Å². The summed E-state index contributed by atoms with van der Waals surface area (Å²) in [6.07, 6.45) is 2.87. The zero-order chi connectivity index (χ0) is 24.3. The number of hydrogen-bond donors (Lipinski definition) is 0. The fourth-order valence-electron chi connectivity index (χ4n) is 3.47. The molecular weight excluding hydrogens is 440 g/mol. The predicted molar refractivity (Wildman–Crippen MR) is 130 cm³/mol. The van der Waals surface area contributed by atoms with Crippen molar-refractivity contribution in [2.24, 2.45) is 0 Å². The Balaban J connectivity index is 2.10. The van der Waals surface area contributed by atoms with Crippen molar-refractivity contribution < 1.29 is 14.3 Å². The lowest BCUT2D eigenvalue weighted by Gasteiger charge is -2.27. The first-order chi connectivity index (χ1) is 15.5. The van der Waals surface area contributed by atoms with Gasteiger partial charge in [-0.15, -0.1) is 0 Å². The number of hydrogen-bond acceptors (Lipinski definition) is 6. The fourth-order valence-corrected chi connectivity index (χ4v) is 3.65. The number of aryl methyl sites for hydroxylation is 2. The molecule has 0 saturated carbocycles. The van der Waals surface area contributed by atoms with Crippen molar-refractivity contribution in [2.75, 3.05) is 12.0 Å². The van der Waals surface area contributed by atoms with E-state index >= 15 is 0 Å². The minimum Gasteiger partial charge on any atom is -0.496 e. The van der Waals surface area contributed by atoms with Crippen LogP contribution < -0.4 is 9.64 Å². The van der Waals surface area contributed by atoms with Crippen LogP contribution in [0.4, 0.5) is 10.6 Å². The minimum absolute atomic E-state index is 0.171. The second-order valence-corrected chi connectivity index (χ2v) is 9.22. The number of ether oxygens (including phenoxy) is 2. The highest BCUT2D eigenvalue weighted by molar-refractivity contribution is 6.29. The maximum absolute atomic E-state index is 13.3. The van der Waals surface area contributed by atoms with Crippen LogP contribution in [0, 0.1) is 20.8 Å². The molecule has 0 atom stereocenters. The van der Waals surface area contributed by atoms with Crippen molar-refractivity contribution in [1.29, 1.82) is 0 Å². The van der Waals surface area contributed by atoms with Gasteiger partial charge in [-0.25, -0.2) is 14.8 Å². The molecule has 0 aliphatic heterocycles. The van der Waals surface area contributed by atoms with Gasteiger partial charge in [-0.05, 0) is 76.9 Å². The average molecular weight is 469 g/mol. The third-order valence-corrected chi connectivity index (χ3v) is 5.15. The van der Waals surface area contributed by atoms with E-state index < -0.39 is 11.7 Å². The number of carbonyl (C=O) groups excluding carboxylic acids is 1. The number of amides is 1. The van der Waals surface area contributed by atoms with Gasteiger partial charge in [-0.2, -0.15) is 0 Å². The van der Waals surface area contributed by atoms with Gasteiger partial charge < -0.3 is 9.47 Å². The molecule has 0 aromatic carbocycles. The molecule has 3 rings (SSSR count). The molecule has 0 fully saturated rings. The van der Waals surface area contributed by atoms with Crippen LogP contribution in [0.5, 0.6) is 5.75 Å². The molecule has 0 spiro atoms. The molecule has 7 nitrogen and oxygen atoms in total. The van der Waals surface area contributed by atoms with Gasteiger partial charge in [0.05, 0.1) is 19.3 Å². The lowest BCUT2D eigenvalue weighted by molar-refractivity contribution is 0.0576. The molecule has 0 bridgehead atoms. The number of halogens is 1. The number of carbonyl (C=O) groups is 1.